The van der Waals surface area contributed by atoms with Crippen LogP contribution in [0, 0.1) is 30.1 Å². The highest BCUT2D eigenvalue weighted by Crippen LogP contribution is 2.60. The molecule has 4 aliphatic rings. The van der Waals surface area contributed by atoms with Crippen molar-refractivity contribution < 1.29 is 0 Å². The Kier molecular flexibility index (Phi) is 3.40. The fourth-order valence-electron chi connectivity index (χ4n) is 5.26. The Morgan fingerprint density at radius 3 is 1.79 bits per heavy atom. The van der Waals surface area contributed by atoms with E-state index < -0.39 is 0 Å². The van der Waals surface area contributed by atoms with Gasteiger partial charge in [0.25, 0.3) is 0 Å². The van der Waals surface area contributed by atoms with Gasteiger partial charge in [-0.25, -0.2) is 0 Å². The van der Waals surface area contributed by atoms with Crippen LogP contribution in [0.25, 0.3) is 0 Å². The summed E-state index contributed by atoms with van der Waals surface area (Å²) in [7, 11) is 0. The molecule has 0 atom stereocenters. The summed E-state index contributed by atoms with van der Waals surface area (Å²) < 4.78 is 0. The van der Waals surface area contributed by atoms with Crippen LogP contribution in [-0.2, 0) is 5.41 Å². The van der Waals surface area contributed by atoms with Crippen molar-refractivity contribution in [2.45, 2.75) is 50.9 Å². The Bertz CT molecular complexity index is 427. The van der Waals surface area contributed by atoms with Gasteiger partial charge in [0.2, 0.25) is 0 Å². The van der Waals surface area contributed by atoms with Crippen molar-refractivity contribution in [1.82, 2.24) is 0 Å². The normalized spacial score (nSPS) is 38.2. The second-order valence-electron chi connectivity index (χ2n) is 6.85. The third kappa shape index (κ3) is 2.32. The molecule has 4 aliphatic carbocycles. The van der Waals surface area contributed by atoms with E-state index in [0.29, 0.717) is 5.41 Å². The molecule has 0 aliphatic heterocycles. The first-order valence-corrected chi connectivity index (χ1v) is 7.68. The van der Waals surface area contributed by atoms with Crippen LogP contribution in [0.5, 0.6) is 0 Å². The fraction of sp³-hybridized carbons (Fsp3) is 0.579. The lowest BCUT2D eigenvalue weighted by Gasteiger charge is -2.57. The number of benzene rings is 1. The van der Waals surface area contributed by atoms with Crippen LogP contribution in [-0.4, -0.2) is 0 Å². The molecular weight excluding hydrogens is 228 g/mol. The van der Waals surface area contributed by atoms with Gasteiger partial charge in [0, 0.05) is 0 Å². The highest BCUT2D eigenvalue weighted by molar-refractivity contribution is 5.29. The molecule has 0 saturated heterocycles. The molecule has 0 radical (unpaired) electrons. The molecule has 100 valence electrons. The monoisotopic (exact) mass is 252 g/mol. The average Bonchev–Trinajstić information content (AvgIpc) is 2.39. The van der Waals surface area contributed by atoms with Crippen LogP contribution in [0.1, 0.15) is 51.0 Å². The molecule has 0 N–H and O–H groups in total. The molecule has 0 amide bonds. The number of terminal acetylenes is 1. The lowest BCUT2D eigenvalue weighted by molar-refractivity contribution is -0.00518. The SMILES string of the molecule is C#CC.c1ccc(C23CC4CC(CC(C4)C2)C3)cc1. The first-order chi connectivity index (χ1) is 9.25. The van der Waals surface area contributed by atoms with E-state index in [1.165, 1.54) is 19.3 Å². The predicted octanol–water partition coefficient (Wildman–Crippen LogP) is 4.79. The molecule has 0 aromatic heterocycles. The van der Waals surface area contributed by atoms with Gasteiger partial charge in [-0.2, -0.15) is 0 Å². The fourth-order valence-corrected chi connectivity index (χ4v) is 5.26. The second kappa shape index (κ2) is 5.04. The molecule has 0 unspecified atom stereocenters. The van der Waals surface area contributed by atoms with Crippen molar-refractivity contribution in [2.24, 2.45) is 17.8 Å². The molecule has 19 heavy (non-hydrogen) atoms. The molecule has 1 aromatic carbocycles. The lowest BCUT2D eigenvalue weighted by Crippen LogP contribution is -2.48. The third-order valence-corrected chi connectivity index (χ3v) is 5.42. The van der Waals surface area contributed by atoms with E-state index in [0.717, 1.165) is 17.8 Å². The summed E-state index contributed by atoms with van der Waals surface area (Å²) in [6.07, 6.45) is 13.7. The lowest BCUT2D eigenvalue weighted by atomic mass is 9.48. The van der Waals surface area contributed by atoms with Crippen LogP contribution in [0.3, 0.4) is 0 Å². The van der Waals surface area contributed by atoms with Crippen LogP contribution in [0.4, 0.5) is 0 Å². The summed E-state index contributed by atoms with van der Waals surface area (Å²) in [6.45, 7) is 1.65. The standard InChI is InChI=1S/C16H20.C3H4/c1-2-4-15(5-3-1)16-9-12-6-13(10-16)8-14(7-12)11-16;1-3-2/h1-5,12-14H,6-11H2;1H,2H3. The summed E-state index contributed by atoms with van der Waals surface area (Å²) in [5.41, 5.74) is 2.24. The highest BCUT2D eigenvalue weighted by Gasteiger charge is 2.51. The molecule has 0 spiro atoms. The quantitative estimate of drug-likeness (QED) is 0.630. The molecule has 0 heterocycles. The molecular formula is C19H24. The van der Waals surface area contributed by atoms with Gasteiger partial charge in [-0.05, 0) is 74.2 Å². The van der Waals surface area contributed by atoms with Gasteiger partial charge in [0.1, 0.15) is 0 Å². The summed E-state index contributed by atoms with van der Waals surface area (Å²) >= 11 is 0. The highest BCUT2D eigenvalue weighted by atomic mass is 14.6. The Balaban J connectivity index is 0.000000339. The Morgan fingerprint density at radius 1 is 0.947 bits per heavy atom. The largest absolute Gasteiger partial charge is 0.120 e. The van der Waals surface area contributed by atoms with Gasteiger partial charge < -0.3 is 0 Å². The maximum Gasteiger partial charge on any atom is -0.00297 e. The van der Waals surface area contributed by atoms with Crippen LogP contribution < -0.4 is 0 Å². The van der Waals surface area contributed by atoms with Crippen molar-refractivity contribution in [2.75, 3.05) is 0 Å². The van der Waals surface area contributed by atoms with Crippen molar-refractivity contribution in [3.63, 3.8) is 0 Å². The van der Waals surface area contributed by atoms with Crippen molar-refractivity contribution in [3.8, 4) is 12.3 Å². The molecule has 4 fully saturated rings. The van der Waals surface area contributed by atoms with Gasteiger partial charge in [-0.1, -0.05) is 30.3 Å². The molecule has 0 nitrogen and oxygen atoms in total. The van der Waals surface area contributed by atoms with Crippen LogP contribution in [0.15, 0.2) is 30.3 Å². The zero-order valence-corrected chi connectivity index (χ0v) is 11.9. The minimum Gasteiger partial charge on any atom is -0.120 e. The number of hydrogen-bond acceptors (Lipinski definition) is 0. The van der Waals surface area contributed by atoms with E-state index in [1.54, 1.807) is 31.7 Å². The van der Waals surface area contributed by atoms with E-state index >= 15 is 0 Å². The smallest absolute Gasteiger partial charge is 0.00297 e. The summed E-state index contributed by atoms with van der Waals surface area (Å²) in [5, 5.41) is 0. The molecule has 5 rings (SSSR count). The number of rotatable bonds is 1. The van der Waals surface area contributed by atoms with Gasteiger partial charge in [-0.3, -0.25) is 0 Å². The van der Waals surface area contributed by atoms with Crippen molar-refractivity contribution in [1.29, 1.82) is 0 Å². The number of hydrogen-bond donors (Lipinski definition) is 0. The Labute approximate surface area is 117 Å². The Morgan fingerprint density at radius 2 is 1.37 bits per heavy atom. The zero-order chi connectivity index (χ0) is 13.3. The third-order valence-electron chi connectivity index (χ3n) is 5.42. The first-order valence-electron chi connectivity index (χ1n) is 7.68. The molecule has 4 saturated carbocycles. The predicted molar refractivity (Wildman–Crippen MR) is 80.8 cm³/mol. The van der Waals surface area contributed by atoms with E-state index in [1.807, 2.05) is 0 Å². The van der Waals surface area contributed by atoms with Gasteiger partial charge in [0.05, 0.1) is 0 Å². The van der Waals surface area contributed by atoms with Crippen molar-refractivity contribution in [3.05, 3.63) is 35.9 Å². The van der Waals surface area contributed by atoms with E-state index in [4.69, 9.17) is 0 Å². The maximum absolute atomic E-state index is 4.60. The molecule has 0 heteroatoms. The van der Waals surface area contributed by atoms with Crippen LogP contribution in [0.2, 0.25) is 0 Å². The van der Waals surface area contributed by atoms with E-state index in [-0.39, 0.29) is 0 Å². The van der Waals surface area contributed by atoms with Crippen LogP contribution >= 0.6 is 0 Å². The first kappa shape index (κ1) is 12.8. The zero-order valence-electron chi connectivity index (χ0n) is 11.9. The van der Waals surface area contributed by atoms with Gasteiger partial charge in [-0.15, -0.1) is 12.3 Å². The molecule has 4 bridgehead atoms. The maximum atomic E-state index is 4.60. The second-order valence-corrected chi connectivity index (χ2v) is 6.85. The summed E-state index contributed by atoms with van der Waals surface area (Å²) in [5.74, 6) is 5.43. The molecule has 1 aromatic rings. The van der Waals surface area contributed by atoms with E-state index in [9.17, 15) is 0 Å². The van der Waals surface area contributed by atoms with Gasteiger partial charge >= 0.3 is 0 Å². The Hall–Kier alpha value is -1.22. The van der Waals surface area contributed by atoms with E-state index in [2.05, 4.69) is 42.7 Å². The van der Waals surface area contributed by atoms with Gasteiger partial charge in [0.15, 0.2) is 0 Å². The van der Waals surface area contributed by atoms with Crippen molar-refractivity contribution >= 4 is 0 Å². The minimum atomic E-state index is 0.593. The average molecular weight is 252 g/mol. The summed E-state index contributed by atoms with van der Waals surface area (Å²) in [6, 6.07) is 11.4. The minimum absolute atomic E-state index is 0.593. The summed E-state index contributed by atoms with van der Waals surface area (Å²) in [4.78, 5) is 0. The topological polar surface area (TPSA) is 0 Å².